The highest BCUT2D eigenvalue weighted by Gasteiger charge is 2.09. The Hall–Kier alpha value is -3.72. The smallest absolute Gasteiger partial charge is 0.276 e. The number of benzene rings is 2. The van der Waals surface area contributed by atoms with Gasteiger partial charge in [0.25, 0.3) is 5.91 Å². The van der Waals surface area contributed by atoms with Gasteiger partial charge in [-0.05, 0) is 54.4 Å². The molecule has 0 saturated heterocycles. The molecular formula is C20H17N5O. The van der Waals surface area contributed by atoms with Gasteiger partial charge in [0, 0.05) is 11.4 Å². The first kappa shape index (κ1) is 17.1. The highest BCUT2D eigenvalue weighted by atomic mass is 16.1. The van der Waals surface area contributed by atoms with E-state index in [-0.39, 0.29) is 11.6 Å². The van der Waals surface area contributed by atoms with Gasteiger partial charge in [-0.25, -0.2) is 0 Å². The quantitative estimate of drug-likeness (QED) is 0.733. The van der Waals surface area contributed by atoms with Crippen LogP contribution in [0.25, 0.3) is 0 Å². The molecule has 0 aliphatic rings. The Morgan fingerprint density at radius 1 is 1.04 bits per heavy atom. The van der Waals surface area contributed by atoms with E-state index in [1.807, 2.05) is 30.3 Å². The lowest BCUT2D eigenvalue weighted by atomic mass is 10.1. The summed E-state index contributed by atoms with van der Waals surface area (Å²) in [5, 5.41) is 22.7. The summed E-state index contributed by atoms with van der Waals surface area (Å²) in [4.78, 5) is 12.2. The Balaban J connectivity index is 1.66. The molecule has 128 valence electrons. The molecule has 1 aromatic heterocycles. The van der Waals surface area contributed by atoms with Crippen LogP contribution in [0.2, 0.25) is 0 Å². The molecule has 0 bridgehead atoms. The summed E-state index contributed by atoms with van der Waals surface area (Å²) in [7, 11) is 0. The van der Waals surface area contributed by atoms with Crippen LogP contribution in [0.4, 0.5) is 17.2 Å². The molecule has 2 aromatic carbocycles. The van der Waals surface area contributed by atoms with Crippen LogP contribution >= 0.6 is 0 Å². The number of hydrogen-bond donors (Lipinski definition) is 2. The highest BCUT2D eigenvalue weighted by Crippen LogP contribution is 2.16. The molecule has 6 heteroatoms. The molecule has 2 N–H and O–H groups in total. The number of nitriles is 1. The zero-order valence-electron chi connectivity index (χ0n) is 14.2. The second-order valence-corrected chi connectivity index (χ2v) is 5.63. The lowest BCUT2D eigenvalue weighted by Gasteiger charge is -2.07. The van der Waals surface area contributed by atoms with E-state index in [1.54, 1.807) is 36.4 Å². The minimum absolute atomic E-state index is 0.194. The van der Waals surface area contributed by atoms with E-state index >= 15 is 0 Å². The summed E-state index contributed by atoms with van der Waals surface area (Å²) in [6, 6.07) is 20.1. The Labute approximate surface area is 151 Å². The Kier molecular flexibility index (Phi) is 5.20. The van der Waals surface area contributed by atoms with E-state index in [0.717, 1.165) is 12.1 Å². The molecule has 1 heterocycles. The zero-order valence-corrected chi connectivity index (χ0v) is 14.2. The number of nitrogens with one attached hydrogen (secondary N) is 2. The lowest BCUT2D eigenvalue weighted by molar-refractivity contribution is 0.102. The second-order valence-electron chi connectivity index (χ2n) is 5.63. The molecule has 3 aromatic rings. The number of amides is 1. The number of hydrogen-bond acceptors (Lipinski definition) is 5. The number of aryl methyl sites for hydroxylation is 1. The molecule has 0 saturated carbocycles. The number of anilines is 3. The molecule has 26 heavy (non-hydrogen) atoms. The normalized spacial score (nSPS) is 10.0. The number of aromatic nitrogens is 2. The van der Waals surface area contributed by atoms with E-state index in [2.05, 4.69) is 27.8 Å². The van der Waals surface area contributed by atoms with Gasteiger partial charge >= 0.3 is 0 Å². The number of carbonyl (C=O) groups is 1. The highest BCUT2D eigenvalue weighted by molar-refractivity contribution is 6.02. The summed E-state index contributed by atoms with van der Waals surface area (Å²) in [5.74, 6) is 0.170. The number of carbonyl (C=O) groups excluding carboxylic acids is 1. The standard InChI is InChI=1S/C20H17N5O/c1-2-14-6-8-16(9-7-14)22-19-11-10-18(24-25-19)20(26)23-17-5-3-4-15(12-17)13-21/h3-12H,2H2,1H3,(H,22,25)(H,23,26). The van der Waals surface area contributed by atoms with Crippen LogP contribution in [0.15, 0.2) is 60.7 Å². The van der Waals surface area contributed by atoms with E-state index < -0.39 is 0 Å². The van der Waals surface area contributed by atoms with Gasteiger partial charge in [-0.2, -0.15) is 5.26 Å². The SMILES string of the molecule is CCc1ccc(Nc2ccc(C(=O)Nc3cccc(C#N)c3)nn2)cc1. The van der Waals surface area contributed by atoms with Crippen LogP contribution < -0.4 is 10.6 Å². The predicted octanol–water partition coefficient (Wildman–Crippen LogP) is 3.91. The third kappa shape index (κ3) is 4.22. The number of rotatable bonds is 5. The van der Waals surface area contributed by atoms with Crippen LogP contribution in [0.1, 0.15) is 28.5 Å². The first-order chi connectivity index (χ1) is 12.7. The van der Waals surface area contributed by atoms with Gasteiger partial charge in [0.15, 0.2) is 11.5 Å². The number of nitrogens with zero attached hydrogens (tertiary/aromatic N) is 3. The van der Waals surface area contributed by atoms with Crippen molar-refractivity contribution < 1.29 is 4.79 Å². The minimum Gasteiger partial charge on any atom is -0.339 e. The molecule has 0 spiro atoms. The summed E-state index contributed by atoms with van der Waals surface area (Å²) in [6.07, 6.45) is 0.987. The fourth-order valence-corrected chi connectivity index (χ4v) is 2.35. The van der Waals surface area contributed by atoms with Crippen molar-refractivity contribution >= 4 is 23.1 Å². The minimum atomic E-state index is -0.383. The molecule has 0 atom stereocenters. The summed E-state index contributed by atoms with van der Waals surface area (Å²) in [6.45, 7) is 2.11. The van der Waals surface area contributed by atoms with Crippen LogP contribution in [-0.2, 0) is 6.42 Å². The average molecular weight is 343 g/mol. The van der Waals surface area contributed by atoms with Crippen LogP contribution in [-0.4, -0.2) is 16.1 Å². The summed E-state index contributed by atoms with van der Waals surface area (Å²) in [5.41, 5.74) is 3.37. The van der Waals surface area contributed by atoms with Gasteiger partial charge in [0.05, 0.1) is 11.6 Å². The maximum absolute atomic E-state index is 12.2. The Morgan fingerprint density at radius 2 is 1.85 bits per heavy atom. The van der Waals surface area contributed by atoms with E-state index in [4.69, 9.17) is 5.26 Å². The molecule has 6 nitrogen and oxygen atoms in total. The third-order valence-corrected chi connectivity index (χ3v) is 3.78. The zero-order chi connectivity index (χ0) is 18.4. The molecule has 1 amide bonds. The van der Waals surface area contributed by atoms with Crippen molar-refractivity contribution in [2.45, 2.75) is 13.3 Å². The van der Waals surface area contributed by atoms with Crippen molar-refractivity contribution in [2.75, 3.05) is 10.6 Å². The molecule has 0 aliphatic carbocycles. The third-order valence-electron chi connectivity index (χ3n) is 3.78. The van der Waals surface area contributed by atoms with Crippen LogP contribution in [0, 0.1) is 11.3 Å². The van der Waals surface area contributed by atoms with Gasteiger partial charge in [-0.1, -0.05) is 25.1 Å². The van der Waals surface area contributed by atoms with Crippen LogP contribution in [0.5, 0.6) is 0 Å². The van der Waals surface area contributed by atoms with Gasteiger partial charge in [-0.15, -0.1) is 10.2 Å². The Bertz CT molecular complexity index is 943. The first-order valence-electron chi connectivity index (χ1n) is 8.19. The van der Waals surface area contributed by atoms with Crippen LogP contribution in [0.3, 0.4) is 0 Å². The average Bonchev–Trinajstić information content (AvgIpc) is 2.69. The molecule has 0 radical (unpaired) electrons. The summed E-state index contributed by atoms with van der Waals surface area (Å²) < 4.78 is 0. The molecule has 0 unspecified atom stereocenters. The van der Waals surface area contributed by atoms with Gasteiger partial charge in [-0.3, -0.25) is 4.79 Å². The topological polar surface area (TPSA) is 90.7 Å². The lowest BCUT2D eigenvalue weighted by Crippen LogP contribution is -2.14. The largest absolute Gasteiger partial charge is 0.339 e. The van der Waals surface area contributed by atoms with Gasteiger partial charge in [0.2, 0.25) is 0 Å². The van der Waals surface area contributed by atoms with E-state index in [0.29, 0.717) is 17.1 Å². The molecular weight excluding hydrogens is 326 g/mol. The maximum Gasteiger partial charge on any atom is 0.276 e. The van der Waals surface area contributed by atoms with Crippen molar-refractivity contribution in [1.82, 2.24) is 10.2 Å². The monoisotopic (exact) mass is 343 g/mol. The molecule has 0 aliphatic heterocycles. The maximum atomic E-state index is 12.2. The molecule has 0 fully saturated rings. The van der Waals surface area contributed by atoms with Crippen molar-refractivity contribution in [3.8, 4) is 6.07 Å². The summed E-state index contributed by atoms with van der Waals surface area (Å²) >= 11 is 0. The van der Waals surface area contributed by atoms with Crippen molar-refractivity contribution in [2.24, 2.45) is 0 Å². The first-order valence-corrected chi connectivity index (χ1v) is 8.19. The van der Waals surface area contributed by atoms with Gasteiger partial charge in [0.1, 0.15) is 0 Å². The fraction of sp³-hybridized carbons (Fsp3) is 0.100. The van der Waals surface area contributed by atoms with E-state index in [1.165, 1.54) is 5.56 Å². The Morgan fingerprint density at radius 3 is 2.50 bits per heavy atom. The fourth-order valence-electron chi connectivity index (χ4n) is 2.35. The van der Waals surface area contributed by atoms with E-state index in [9.17, 15) is 4.79 Å². The van der Waals surface area contributed by atoms with Crippen molar-refractivity contribution in [1.29, 1.82) is 5.26 Å². The van der Waals surface area contributed by atoms with Gasteiger partial charge < -0.3 is 10.6 Å². The second kappa shape index (κ2) is 7.90. The molecule has 3 rings (SSSR count). The van der Waals surface area contributed by atoms with Crippen molar-refractivity contribution in [3.05, 3.63) is 77.5 Å². The predicted molar refractivity (Wildman–Crippen MR) is 100 cm³/mol. The van der Waals surface area contributed by atoms with Crippen molar-refractivity contribution in [3.63, 3.8) is 0 Å².